The van der Waals surface area contributed by atoms with E-state index < -0.39 is 0 Å². The third-order valence-electron chi connectivity index (χ3n) is 3.78. The summed E-state index contributed by atoms with van der Waals surface area (Å²) < 4.78 is 1.82. The van der Waals surface area contributed by atoms with Crippen LogP contribution < -0.4 is 4.90 Å². The van der Waals surface area contributed by atoms with Crippen LogP contribution >= 0.6 is 0 Å². The molecule has 0 amide bonds. The highest BCUT2D eigenvalue weighted by Gasteiger charge is 2.26. The first-order valence-corrected chi connectivity index (χ1v) is 6.61. The number of nitrogens with zero attached hydrogens (tertiary/aromatic N) is 3. The first-order chi connectivity index (χ1) is 9.33. The molecule has 0 radical (unpaired) electrons. The number of fused-ring (bicyclic) bond motifs is 1. The van der Waals surface area contributed by atoms with Crippen LogP contribution in [0.5, 0.6) is 0 Å². The Morgan fingerprint density at radius 3 is 3.16 bits per heavy atom. The first kappa shape index (κ1) is 12.2. The summed E-state index contributed by atoms with van der Waals surface area (Å²) in [6, 6.07) is 5.71. The van der Waals surface area contributed by atoms with E-state index in [-0.39, 0.29) is 6.61 Å². The molecule has 3 rings (SSSR count). The smallest absolute Gasteiger partial charge is 0.170 e. The Labute approximate surface area is 111 Å². The second-order valence-electron chi connectivity index (χ2n) is 4.98. The molecule has 1 aliphatic heterocycles. The molecule has 5 nitrogen and oxygen atoms in total. The van der Waals surface area contributed by atoms with Crippen LogP contribution in [0, 0.1) is 5.92 Å². The van der Waals surface area contributed by atoms with Crippen LogP contribution in [0.4, 0.5) is 5.82 Å². The summed E-state index contributed by atoms with van der Waals surface area (Å²) in [6.45, 7) is 1.99. The summed E-state index contributed by atoms with van der Waals surface area (Å²) in [6.07, 6.45) is 4.60. The molecule has 2 aromatic rings. The van der Waals surface area contributed by atoms with Gasteiger partial charge in [-0.1, -0.05) is 6.07 Å². The number of hydrogen-bond acceptors (Lipinski definition) is 4. The van der Waals surface area contributed by atoms with E-state index in [4.69, 9.17) is 5.11 Å². The predicted octanol–water partition coefficient (Wildman–Crippen LogP) is 1.36. The Balaban J connectivity index is 1.95. The molecule has 0 bridgehead atoms. The van der Waals surface area contributed by atoms with Gasteiger partial charge < -0.3 is 10.0 Å². The van der Waals surface area contributed by atoms with Crippen LogP contribution in [0.3, 0.4) is 0 Å². The van der Waals surface area contributed by atoms with Gasteiger partial charge in [0.1, 0.15) is 11.3 Å². The molecule has 3 heterocycles. The lowest BCUT2D eigenvalue weighted by Crippen LogP contribution is -2.21. The first-order valence-electron chi connectivity index (χ1n) is 6.61. The lowest BCUT2D eigenvalue weighted by Gasteiger charge is -2.16. The molecule has 1 aliphatic rings. The van der Waals surface area contributed by atoms with Gasteiger partial charge in [0, 0.05) is 25.9 Å². The molecule has 100 valence electrons. The van der Waals surface area contributed by atoms with Gasteiger partial charge in [0.2, 0.25) is 0 Å². The second kappa shape index (κ2) is 5.01. The highest BCUT2D eigenvalue weighted by Crippen LogP contribution is 2.27. The van der Waals surface area contributed by atoms with Crippen LogP contribution in [-0.2, 0) is 0 Å². The Hall–Kier alpha value is -1.88. The summed E-state index contributed by atoms with van der Waals surface area (Å²) in [5.74, 6) is 1.26. The van der Waals surface area contributed by atoms with E-state index in [1.54, 1.807) is 0 Å². The van der Waals surface area contributed by atoms with E-state index >= 15 is 0 Å². The molecule has 0 aromatic carbocycles. The standard InChI is InChI=1S/C14H17N3O2/c18-8-5-11-4-7-16(9-11)14-12(10-19)17-6-2-1-3-13(17)15-14/h1-3,6,10-11,18H,4-5,7-9H2. The summed E-state index contributed by atoms with van der Waals surface area (Å²) in [5, 5.41) is 9.00. The van der Waals surface area contributed by atoms with E-state index in [0.29, 0.717) is 11.6 Å². The van der Waals surface area contributed by atoms with Crippen LogP contribution in [0.15, 0.2) is 24.4 Å². The SMILES string of the molecule is O=Cc1c(N2CCC(CCO)C2)nc2ccccn12. The highest BCUT2D eigenvalue weighted by atomic mass is 16.3. The maximum atomic E-state index is 11.3. The van der Waals surface area contributed by atoms with Crippen molar-refractivity contribution >= 4 is 17.8 Å². The Kier molecular flexibility index (Phi) is 3.21. The second-order valence-corrected chi connectivity index (χ2v) is 4.98. The minimum atomic E-state index is 0.226. The van der Waals surface area contributed by atoms with Crippen molar-refractivity contribution in [3.05, 3.63) is 30.1 Å². The van der Waals surface area contributed by atoms with Crippen molar-refractivity contribution in [3.8, 4) is 0 Å². The van der Waals surface area contributed by atoms with Gasteiger partial charge in [0.15, 0.2) is 12.1 Å². The number of carbonyl (C=O) groups excluding carboxylic acids is 1. The van der Waals surface area contributed by atoms with E-state index in [9.17, 15) is 4.79 Å². The molecule has 0 saturated carbocycles. The van der Waals surface area contributed by atoms with E-state index in [1.165, 1.54) is 0 Å². The maximum Gasteiger partial charge on any atom is 0.170 e. The normalized spacial score (nSPS) is 19.2. The lowest BCUT2D eigenvalue weighted by molar-refractivity contribution is 0.111. The number of aldehydes is 1. The van der Waals surface area contributed by atoms with Crippen LogP contribution in [0.2, 0.25) is 0 Å². The summed E-state index contributed by atoms with van der Waals surface area (Å²) in [4.78, 5) is 18.0. The van der Waals surface area contributed by atoms with Crippen molar-refractivity contribution in [1.29, 1.82) is 0 Å². The van der Waals surface area contributed by atoms with Crippen molar-refractivity contribution in [2.45, 2.75) is 12.8 Å². The van der Waals surface area contributed by atoms with Gasteiger partial charge in [-0.25, -0.2) is 4.98 Å². The van der Waals surface area contributed by atoms with E-state index in [2.05, 4.69) is 9.88 Å². The van der Waals surface area contributed by atoms with Crippen LogP contribution in [0.1, 0.15) is 23.3 Å². The van der Waals surface area contributed by atoms with Crippen LogP contribution in [-0.4, -0.2) is 40.5 Å². The number of aliphatic hydroxyl groups excluding tert-OH is 1. The van der Waals surface area contributed by atoms with Crippen molar-refractivity contribution in [1.82, 2.24) is 9.38 Å². The van der Waals surface area contributed by atoms with Gasteiger partial charge in [0.25, 0.3) is 0 Å². The third kappa shape index (κ3) is 2.10. The topological polar surface area (TPSA) is 57.8 Å². The van der Waals surface area contributed by atoms with E-state index in [0.717, 1.165) is 43.7 Å². The number of carbonyl (C=O) groups is 1. The van der Waals surface area contributed by atoms with Gasteiger partial charge in [-0.2, -0.15) is 0 Å². The highest BCUT2D eigenvalue weighted by molar-refractivity contribution is 5.83. The van der Waals surface area contributed by atoms with Gasteiger partial charge in [-0.05, 0) is 30.9 Å². The number of aliphatic hydroxyl groups is 1. The summed E-state index contributed by atoms with van der Waals surface area (Å²) >= 11 is 0. The predicted molar refractivity (Wildman–Crippen MR) is 72.6 cm³/mol. The van der Waals surface area contributed by atoms with Gasteiger partial charge >= 0.3 is 0 Å². The fraction of sp³-hybridized carbons (Fsp3) is 0.429. The molecule has 0 aliphatic carbocycles. The van der Waals surface area contributed by atoms with Crippen molar-refractivity contribution < 1.29 is 9.90 Å². The number of anilines is 1. The Bertz CT molecular complexity index is 593. The molecule has 0 spiro atoms. The molecule has 5 heteroatoms. The molecule has 2 aromatic heterocycles. The lowest BCUT2D eigenvalue weighted by atomic mass is 10.1. The largest absolute Gasteiger partial charge is 0.396 e. The summed E-state index contributed by atoms with van der Waals surface area (Å²) in [7, 11) is 0. The van der Waals surface area contributed by atoms with Gasteiger partial charge in [-0.15, -0.1) is 0 Å². The maximum absolute atomic E-state index is 11.3. The number of aromatic nitrogens is 2. The zero-order valence-corrected chi connectivity index (χ0v) is 10.7. The molecule has 1 unspecified atom stereocenters. The molecular weight excluding hydrogens is 242 g/mol. The van der Waals surface area contributed by atoms with Crippen molar-refractivity contribution in [2.24, 2.45) is 5.92 Å². The number of pyridine rings is 1. The van der Waals surface area contributed by atoms with Crippen molar-refractivity contribution in [3.63, 3.8) is 0 Å². The minimum Gasteiger partial charge on any atom is -0.396 e. The minimum absolute atomic E-state index is 0.226. The Morgan fingerprint density at radius 2 is 2.37 bits per heavy atom. The van der Waals surface area contributed by atoms with Gasteiger partial charge in [0.05, 0.1) is 0 Å². The Morgan fingerprint density at radius 1 is 1.47 bits per heavy atom. The zero-order chi connectivity index (χ0) is 13.2. The molecule has 19 heavy (non-hydrogen) atoms. The third-order valence-corrected chi connectivity index (χ3v) is 3.78. The fourth-order valence-corrected chi connectivity index (χ4v) is 2.79. The van der Waals surface area contributed by atoms with Gasteiger partial charge in [-0.3, -0.25) is 9.20 Å². The average Bonchev–Trinajstić information content (AvgIpc) is 3.02. The molecule has 1 saturated heterocycles. The number of hydrogen-bond donors (Lipinski definition) is 1. The summed E-state index contributed by atoms with van der Waals surface area (Å²) in [5.41, 5.74) is 1.41. The van der Waals surface area contributed by atoms with Crippen molar-refractivity contribution in [2.75, 3.05) is 24.6 Å². The number of imidazole rings is 1. The van der Waals surface area contributed by atoms with E-state index in [1.807, 2.05) is 28.8 Å². The quantitative estimate of drug-likeness (QED) is 0.842. The monoisotopic (exact) mass is 259 g/mol. The molecule has 1 fully saturated rings. The number of rotatable bonds is 4. The zero-order valence-electron chi connectivity index (χ0n) is 10.7. The average molecular weight is 259 g/mol. The molecule has 1 atom stereocenters. The fourth-order valence-electron chi connectivity index (χ4n) is 2.79. The van der Waals surface area contributed by atoms with Crippen LogP contribution in [0.25, 0.3) is 5.65 Å². The molecule has 1 N–H and O–H groups in total. The molecular formula is C14H17N3O2.